The molecule has 0 aliphatic carbocycles. The maximum absolute atomic E-state index is 13.1. The molecule has 3 aromatic rings. The van der Waals surface area contributed by atoms with Crippen LogP contribution < -0.4 is 14.8 Å². The van der Waals surface area contributed by atoms with Gasteiger partial charge in [0.1, 0.15) is 6.61 Å². The second kappa shape index (κ2) is 11.7. The molecule has 1 heterocycles. The fourth-order valence-electron chi connectivity index (χ4n) is 3.90. The molecule has 0 aromatic heterocycles. The van der Waals surface area contributed by atoms with Crippen molar-refractivity contribution in [1.29, 1.82) is 0 Å². The molecule has 0 saturated carbocycles. The highest BCUT2D eigenvalue weighted by molar-refractivity contribution is 6.33. The first-order valence-corrected chi connectivity index (χ1v) is 11.8. The minimum atomic E-state index is -0.131. The van der Waals surface area contributed by atoms with Gasteiger partial charge in [-0.05, 0) is 35.9 Å². The van der Waals surface area contributed by atoms with Crippen LogP contribution in [0.2, 0.25) is 5.02 Å². The molecule has 1 fully saturated rings. The first-order valence-electron chi connectivity index (χ1n) is 11.4. The molecule has 8 heteroatoms. The van der Waals surface area contributed by atoms with E-state index in [1.807, 2.05) is 47.4 Å². The molecule has 1 aliphatic heterocycles. The predicted molar refractivity (Wildman–Crippen MR) is 136 cm³/mol. The third-order valence-electron chi connectivity index (χ3n) is 5.82. The van der Waals surface area contributed by atoms with Crippen molar-refractivity contribution in [2.45, 2.75) is 6.61 Å². The van der Waals surface area contributed by atoms with Crippen LogP contribution in [0.5, 0.6) is 11.5 Å². The van der Waals surface area contributed by atoms with Crippen LogP contribution in [0.3, 0.4) is 0 Å². The van der Waals surface area contributed by atoms with Crippen LogP contribution in [0.25, 0.3) is 0 Å². The Balaban J connectivity index is 1.29. The Morgan fingerprint density at radius 2 is 1.63 bits per heavy atom. The van der Waals surface area contributed by atoms with Gasteiger partial charge >= 0.3 is 0 Å². The SMILES string of the molecule is COc1cc(C(=O)N2CCN(CC(=O)Nc3ccccc3Cl)CC2)ccc1OCc1ccccc1. The molecule has 35 heavy (non-hydrogen) atoms. The van der Waals surface area contributed by atoms with Gasteiger partial charge in [-0.3, -0.25) is 14.5 Å². The highest BCUT2D eigenvalue weighted by Gasteiger charge is 2.24. The van der Waals surface area contributed by atoms with Crippen LogP contribution >= 0.6 is 11.6 Å². The van der Waals surface area contributed by atoms with Gasteiger partial charge < -0.3 is 19.7 Å². The fraction of sp³-hybridized carbons (Fsp3) is 0.259. The summed E-state index contributed by atoms with van der Waals surface area (Å²) in [6, 6.07) is 22.2. The normalized spacial score (nSPS) is 13.8. The number of nitrogens with one attached hydrogen (secondary N) is 1. The molecule has 1 aliphatic rings. The summed E-state index contributed by atoms with van der Waals surface area (Å²) in [6.07, 6.45) is 0. The first-order chi connectivity index (χ1) is 17.0. The van der Waals surface area contributed by atoms with Gasteiger partial charge in [-0.1, -0.05) is 54.1 Å². The molecule has 0 spiro atoms. The van der Waals surface area contributed by atoms with E-state index in [0.29, 0.717) is 60.6 Å². The molecule has 1 N–H and O–H groups in total. The van der Waals surface area contributed by atoms with Crippen LogP contribution in [0.15, 0.2) is 72.8 Å². The number of halogens is 1. The van der Waals surface area contributed by atoms with Crippen molar-refractivity contribution in [2.24, 2.45) is 0 Å². The number of benzene rings is 3. The number of para-hydroxylation sites is 1. The molecule has 7 nitrogen and oxygen atoms in total. The molecule has 0 unspecified atom stereocenters. The molecule has 0 atom stereocenters. The van der Waals surface area contributed by atoms with Gasteiger partial charge in [0.2, 0.25) is 5.91 Å². The lowest BCUT2D eigenvalue weighted by Crippen LogP contribution is -2.50. The number of hydrogen-bond donors (Lipinski definition) is 1. The number of carbonyl (C=O) groups excluding carboxylic acids is 2. The number of methoxy groups -OCH3 is 1. The Kier molecular flexibility index (Phi) is 8.23. The summed E-state index contributed by atoms with van der Waals surface area (Å²) in [7, 11) is 1.56. The highest BCUT2D eigenvalue weighted by atomic mass is 35.5. The summed E-state index contributed by atoms with van der Waals surface area (Å²) in [6.45, 7) is 2.94. The Labute approximate surface area is 210 Å². The van der Waals surface area contributed by atoms with Gasteiger partial charge in [-0.15, -0.1) is 0 Å². The monoisotopic (exact) mass is 493 g/mol. The number of ether oxygens (including phenoxy) is 2. The second-order valence-corrected chi connectivity index (χ2v) is 8.64. The van der Waals surface area contributed by atoms with Gasteiger partial charge in [0.15, 0.2) is 11.5 Å². The molecule has 1 saturated heterocycles. The Hall–Kier alpha value is -3.55. The van der Waals surface area contributed by atoms with E-state index >= 15 is 0 Å². The van der Waals surface area contributed by atoms with Gasteiger partial charge in [-0.2, -0.15) is 0 Å². The van der Waals surface area contributed by atoms with Gasteiger partial charge in [0.25, 0.3) is 5.91 Å². The number of amides is 2. The maximum atomic E-state index is 13.1. The largest absolute Gasteiger partial charge is 0.493 e. The van der Waals surface area contributed by atoms with E-state index in [0.717, 1.165) is 5.56 Å². The van der Waals surface area contributed by atoms with Crippen LogP contribution in [0.1, 0.15) is 15.9 Å². The zero-order valence-electron chi connectivity index (χ0n) is 19.6. The summed E-state index contributed by atoms with van der Waals surface area (Å²) in [5.41, 5.74) is 2.19. The van der Waals surface area contributed by atoms with Gasteiger partial charge in [-0.25, -0.2) is 0 Å². The maximum Gasteiger partial charge on any atom is 0.254 e. The van der Waals surface area contributed by atoms with E-state index in [2.05, 4.69) is 5.32 Å². The summed E-state index contributed by atoms with van der Waals surface area (Å²) < 4.78 is 11.4. The first kappa shape index (κ1) is 24.6. The van der Waals surface area contributed by atoms with Crippen LogP contribution in [-0.2, 0) is 11.4 Å². The zero-order chi connectivity index (χ0) is 24.6. The molecule has 3 aromatic carbocycles. The standard InChI is InChI=1S/C27H28ClN3O4/c1-34-25-17-21(11-12-24(25)35-19-20-7-3-2-4-8-20)27(33)31-15-13-30(14-16-31)18-26(32)29-23-10-6-5-9-22(23)28/h2-12,17H,13-16,18-19H2,1H3,(H,29,32). The quantitative estimate of drug-likeness (QED) is 0.506. The van der Waals surface area contributed by atoms with Crippen molar-refractivity contribution in [1.82, 2.24) is 9.80 Å². The number of piperazine rings is 1. The van der Waals surface area contributed by atoms with Crippen molar-refractivity contribution in [3.8, 4) is 11.5 Å². The Bertz CT molecular complexity index is 1160. The lowest BCUT2D eigenvalue weighted by molar-refractivity contribution is -0.117. The molecule has 2 amide bonds. The second-order valence-electron chi connectivity index (χ2n) is 8.24. The van der Waals surface area contributed by atoms with E-state index < -0.39 is 0 Å². The van der Waals surface area contributed by atoms with E-state index in [9.17, 15) is 9.59 Å². The number of carbonyl (C=O) groups is 2. The smallest absolute Gasteiger partial charge is 0.254 e. The van der Waals surface area contributed by atoms with E-state index in [1.54, 1.807) is 42.3 Å². The number of nitrogens with zero attached hydrogens (tertiary/aromatic N) is 2. The van der Waals surface area contributed by atoms with Crippen LogP contribution in [-0.4, -0.2) is 61.4 Å². The predicted octanol–water partition coefficient (Wildman–Crippen LogP) is 4.32. The summed E-state index contributed by atoms with van der Waals surface area (Å²) >= 11 is 6.11. The van der Waals surface area contributed by atoms with Crippen molar-refractivity contribution in [3.05, 3.63) is 88.9 Å². The topological polar surface area (TPSA) is 71.1 Å². The Morgan fingerprint density at radius 1 is 0.914 bits per heavy atom. The number of hydrogen-bond acceptors (Lipinski definition) is 5. The molecule has 0 bridgehead atoms. The van der Waals surface area contributed by atoms with Gasteiger partial charge in [0.05, 0.1) is 24.4 Å². The molecule has 182 valence electrons. The lowest BCUT2D eigenvalue weighted by Gasteiger charge is -2.34. The third-order valence-corrected chi connectivity index (χ3v) is 6.15. The fourth-order valence-corrected chi connectivity index (χ4v) is 4.09. The number of anilines is 1. The minimum absolute atomic E-state index is 0.0712. The average Bonchev–Trinajstić information content (AvgIpc) is 2.89. The minimum Gasteiger partial charge on any atom is -0.493 e. The Morgan fingerprint density at radius 3 is 2.34 bits per heavy atom. The summed E-state index contributed by atoms with van der Waals surface area (Å²) in [5.74, 6) is 0.899. The lowest BCUT2D eigenvalue weighted by atomic mass is 10.1. The average molecular weight is 494 g/mol. The zero-order valence-corrected chi connectivity index (χ0v) is 20.3. The van der Waals surface area contributed by atoms with Gasteiger partial charge in [0, 0.05) is 31.7 Å². The van der Waals surface area contributed by atoms with Crippen molar-refractivity contribution in [2.75, 3.05) is 45.2 Å². The molecule has 4 rings (SSSR count). The highest BCUT2D eigenvalue weighted by Crippen LogP contribution is 2.29. The molecule has 0 radical (unpaired) electrons. The van der Waals surface area contributed by atoms with Crippen molar-refractivity contribution < 1.29 is 19.1 Å². The molecular weight excluding hydrogens is 466 g/mol. The van der Waals surface area contributed by atoms with Crippen molar-refractivity contribution in [3.63, 3.8) is 0 Å². The van der Waals surface area contributed by atoms with E-state index in [1.165, 1.54) is 0 Å². The van der Waals surface area contributed by atoms with E-state index in [-0.39, 0.29) is 18.4 Å². The molecular formula is C27H28ClN3O4. The van der Waals surface area contributed by atoms with E-state index in [4.69, 9.17) is 21.1 Å². The van der Waals surface area contributed by atoms with Crippen LogP contribution in [0, 0.1) is 0 Å². The van der Waals surface area contributed by atoms with Crippen LogP contribution in [0.4, 0.5) is 5.69 Å². The van der Waals surface area contributed by atoms with Crippen molar-refractivity contribution >= 4 is 29.1 Å². The summed E-state index contributed by atoms with van der Waals surface area (Å²) in [4.78, 5) is 29.3. The third kappa shape index (κ3) is 6.53. The number of rotatable bonds is 8. The summed E-state index contributed by atoms with van der Waals surface area (Å²) in [5, 5.41) is 3.34.